The van der Waals surface area contributed by atoms with Gasteiger partial charge in [-0.1, -0.05) is 30.3 Å². The van der Waals surface area contributed by atoms with Crippen molar-refractivity contribution in [3.8, 4) is 5.75 Å². The number of hydrogen-bond acceptors (Lipinski definition) is 3. The minimum atomic E-state index is -2.93. The monoisotopic (exact) mass is 388 g/mol. The van der Waals surface area contributed by atoms with E-state index in [0.717, 1.165) is 16.8 Å². The second kappa shape index (κ2) is 8.37. The SMILES string of the molecule is Cc1cccc(N2C[C@H](C(=O)NCc3ccccc3OC(F)F)CC2=O)c1C. The van der Waals surface area contributed by atoms with Crippen molar-refractivity contribution in [2.45, 2.75) is 33.4 Å². The second-order valence-corrected chi connectivity index (χ2v) is 6.83. The summed E-state index contributed by atoms with van der Waals surface area (Å²) < 4.78 is 29.5. The number of aryl methyl sites for hydroxylation is 1. The topological polar surface area (TPSA) is 58.6 Å². The van der Waals surface area contributed by atoms with Crippen LogP contribution in [0.3, 0.4) is 0 Å². The zero-order valence-electron chi connectivity index (χ0n) is 15.7. The Morgan fingerprint density at radius 3 is 2.71 bits per heavy atom. The molecule has 5 nitrogen and oxygen atoms in total. The van der Waals surface area contributed by atoms with Crippen molar-refractivity contribution >= 4 is 17.5 Å². The number of nitrogens with zero attached hydrogens (tertiary/aromatic N) is 1. The third-order valence-corrected chi connectivity index (χ3v) is 5.00. The van der Waals surface area contributed by atoms with E-state index < -0.39 is 12.5 Å². The fourth-order valence-electron chi connectivity index (χ4n) is 3.33. The van der Waals surface area contributed by atoms with Gasteiger partial charge in [0.1, 0.15) is 5.75 Å². The summed E-state index contributed by atoms with van der Waals surface area (Å²) in [5.74, 6) is -0.851. The maximum absolute atomic E-state index is 12.5. The Hall–Kier alpha value is -2.96. The molecule has 3 rings (SSSR count). The van der Waals surface area contributed by atoms with Crippen LogP contribution < -0.4 is 15.0 Å². The molecule has 1 aliphatic heterocycles. The van der Waals surface area contributed by atoms with Gasteiger partial charge in [0, 0.05) is 30.8 Å². The molecule has 0 radical (unpaired) electrons. The predicted octanol–water partition coefficient (Wildman–Crippen LogP) is 3.57. The molecule has 0 unspecified atom stereocenters. The molecule has 1 N–H and O–H groups in total. The number of rotatable bonds is 6. The standard InChI is InChI=1S/C21H22F2N2O3/c1-13-6-5-8-17(14(13)2)25-12-16(10-19(25)26)20(27)24-11-15-7-3-4-9-18(15)28-21(22)23/h3-9,16,21H,10-12H2,1-2H3,(H,24,27)/t16-/m1/s1. The van der Waals surface area contributed by atoms with Crippen LogP contribution in [0.2, 0.25) is 0 Å². The van der Waals surface area contributed by atoms with Crippen molar-refractivity contribution < 1.29 is 23.1 Å². The van der Waals surface area contributed by atoms with Gasteiger partial charge in [-0.05, 0) is 37.1 Å². The van der Waals surface area contributed by atoms with Crippen LogP contribution in [0.15, 0.2) is 42.5 Å². The molecule has 0 saturated carbocycles. The number of carbonyl (C=O) groups is 2. The number of amides is 2. The van der Waals surface area contributed by atoms with E-state index in [1.807, 2.05) is 32.0 Å². The van der Waals surface area contributed by atoms with Crippen molar-refractivity contribution in [1.82, 2.24) is 5.32 Å². The van der Waals surface area contributed by atoms with Crippen LogP contribution in [0.25, 0.3) is 0 Å². The molecule has 1 saturated heterocycles. The fraction of sp³-hybridized carbons (Fsp3) is 0.333. The molecule has 2 aromatic carbocycles. The number of alkyl halides is 2. The number of nitrogens with one attached hydrogen (secondary N) is 1. The summed E-state index contributed by atoms with van der Waals surface area (Å²) >= 11 is 0. The zero-order valence-corrected chi connectivity index (χ0v) is 15.7. The Morgan fingerprint density at radius 1 is 1.21 bits per heavy atom. The van der Waals surface area contributed by atoms with Crippen LogP contribution in [0.1, 0.15) is 23.1 Å². The van der Waals surface area contributed by atoms with E-state index in [1.165, 1.54) is 6.07 Å². The lowest BCUT2D eigenvalue weighted by molar-refractivity contribution is -0.126. The van der Waals surface area contributed by atoms with E-state index in [9.17, 15) is 18.4 Å². The average molecular weight is 388 g/mol. The van der Waals surface area contributed by atoms with Gasteiger partial charge in [-0.3, -0.25) is 9.59 Å². The van der Waals surface area contributed by atoms with E-state index in [-0.39, 0.29) is 30.5 Å². The first-order valence-corrected chi connectivity index (χ1v) is 9.04. The van der Waals surface area contributed by atoms with Crippen LogP contribution in [0, 0.1) is 19.8 Å². The number of carbonyl (C=O) groups excluding carboxylic acids is 2. The molecule has 2 amide bonds. The summed E-state index contributed by atoms with van der Waals surface area (Å²) in [6, 6.07) is 12.0. The van der Waals surface area contributed by atoms with Crippen molar-refractivity contribution in [2.75, 3.05) is 11.4 Å². The summed E-state index contributed by atoms with van der Waals surface area (Å²) in [5.41, 5.74) is 3.35. The highest BCUT2D eigenvalue weighted by molar-refractivity contribution is 6.00. The highest BCUT2D eigenvalue weighted by atomic mass is 19.3. The number of ether oxygens (including phenoxy) is 1. The highest BCUT2D eigenvalue weighted by Crippen LogP contribution is 2.29. The molecule has 0 bridgehead atoms. The van der Waals surface area contributed by atoms with Crippen molar-refractivity contribution in [3.05, 3.63) is 59.2 Å². The van der Waals surface area contributed by atoms with Crippen LogP contribution in [-0.4, -0.2) is 25.0 Å². The molecule has 0 spiro atoms. The molecule has 28 heavy (non-hydrogen) atoms. The number of anilines is 1. The summed E-state index contributed by atoms with van der Waals surface area (Å²) in [5, 5.41) is 2.73. The van der Waals surface area contributed by atoms with Gasteiger partial charge in [-0.25, -0.2) is 0 Å². The lowest BCUT2D eigenvalue weighted by Crippen LogP contribution is -2.33. The number of halogens is 2. The smallest absolute Gasteiger partial charge is 0.387 e. The van der Waals surface area contributed by atoms with Crippen LogP contribution >= 0.6 is 0 Å². The van der Waals surface area contributed by atoms with Gasteiger partial charge in [-0.15, -0.1) is 0 Å². The molecule has 1 aliphatic rings. The maximum Gasteiger partial charge on any atom is 0.387 e. The molecule has 0 aromatic heterocycles. The fourth-order valence-corrected chi connectivity index (χ4v) is 3.33. The molecule has 0 aliphatic carbocycles. The Labute approximate surface area is 162 Å². The molecule has 1 fully saturated rings. The minimum Gasteiger partial charge on any atom is -0.434 e. The first kappa shape index (κ1) is 19.8. The number of para-hydroxylation sites is 1. The third-order valence-electron chi connectivity index (χ3n) is 5.00. The quantitative estimate of drug-likeness (QED) is 0.823. The van der Waals surface area contributed by atoms with Gasteiger partial charge in [0.25, 0.3) is 0 Å². The normalized spacial score (nSPS) is 16.5. The van der Waals surface area contributed by atoms with E-state index in [2.05, 4.69) is 10.1 Å². The van der Waals surface area contributed by atoms with Gasteiger partial charge in [-0.2, -0.15) is 8.78 Å². The van der Waals surface area contributed by atoms with E-state index >= 15 is 0 Å². The lowest BCUT2D eigenvalue weighted by atomic mass is 10.1. The van der Waals surface area contributed by atoms with Crippen molar-refractivity contribution in [1.29, 1.82) is 0 Å². The Kier molecular flexibility index (Phi) is 5.92. The van der Waals surface area contributed by atoms with Gasteiger partial charge in [0.2, 0.25) is 11.8 Å². The highest BCUT2D eigenvalue weighted by Gasteiger charge is 2.35. The molecule has 1 atom stereocenters. The largest absolute Gasteiger partial charge is 0.434 e. The van der Waals surface area contributed by atoms with E-state index in [0.29, 0.717) is 12.1 Å². The molecule has 7 heteroatoms. The van der Waals surface area contributed by atoms with Crippen LogP contribution in [0.5, 0.6) is 5.75 Å². The van der Waals surface area contributed by atoms with Crippen molar-refractivity contribution in [2.24, 2.45) is 5.92 Å². The van der Waals surface area contributed by atoms with Gasteiger partial charge >= 0.3 is 6.61 Å². The number of hydrogen-bond donors (Lipinski definition) is 1. The summed E-state index contributed by atoms with van der Waals surface area (Å²) in [6.07, 6.45) is 0.119. The van der Waals surface area contributed by atoms with Gasteiger partial charge < -0.3 is 15.0 Å². The molecular weight excluding hydrogens is 366 g/mol. The van der Waals surface area contributed by atoms with Crippen LogP contribution in [-0.2, 0) is 16.1 Å². The summed E-state index contributed by atoms with van der Waals surface area (Å²) in [7, 11) is 0. The summed E-state index contributed by atoms with van der Waals surface area (Å²) in [6.45, 7) is 1.34. The van der Waals surface area contributed by atoms with Crippen molar-refractivity contribution in [3.63, 3.8) is 0 Å². The number of benzene rings is 2. The van der Waals surface area contributed by atoms with E-state index in [4.69, 9.17) is 0 Å². The molecular formula is C21H22F2N2O3. The van der Waals surface area contributed by atoms with Gasteiger partial charge in [0.05, 0.1) is 5.92 Å². The van der Waals surface area contributed by atoms with Crippen LogP contribution in [0.4, 0.5) is 14.5 Å². The first-order chi connectivity index (χ1) is 13.4. The zero-order chi connectivity index (χ0) is 20.3. The maximum atomic E-state index is 12.5. The molecule has 148 valence electrons. The Balaban J connectivity index is 1.65. The van der Waals surface area contributed by atoms with E-state index in [1.54, 1.807) is 23.1 Å². The minimum absolute atomic E-state index is 0.0253. The Morgan fingerprint density at radius 2 is 1.96 bits per heavy atom. The molecule has 2 aromatic rings. The second-order valence-electron chi connectivity index (χ2n) is 6.83. The van der Waals surface area contributed by atoms with Gasteiger partial charge in [0.15, 0.2) is 0 Å². The molecule has 1 heterocycles. The first-order valence-electron chi connectivity index (χ1n) is 9.04. The summed E-state index contributed by atoms with van der Waals surface area (Å²) in [4.78, 5) is 26.6. The average Bonchev–Trinajstić information content (AvgIpc) is 3.04. The lowest BCUT2D eigenvalue weighted by Gasteiger charge is -2.20. The Bertz CT molecular complexity index is 886. The third kappa shape index (κ3) is 4.30. The predicted molar refractivity (Wildman–Crippen MR) is 101 cm³/mol.